The standard InChI is InChI=1S/C11H18O/c1-11(2)6-8-4-3-5-10(12)9(8)7-11/h8-9H,3-7H2,1-2H3/t8-,9+/m0/s1. The third-order valence-corrected chi connectivity index (χ3v) is 3.57. The van der Waals surface area contributed by atoms with E-state index >= 15 is 0 Å². The Balaban J connectivity index is 2.14. The van der Waals surface area contributed by atoms with Gasteiger partial charge in [-0.05, 0) is 37.0 Å². The molecule has 2 atom stereocenters. The number of carbonyl (C=O) groups is 1. The van der Waals surface area contributed by atoms with Crippen molar-refractivity contribution in [3.05, 3.63) is 0 Å². The zero-order valence-corrected chi connectivity index (χ0v) is 8.10. The van der Waals surface area contributed by atoms with Gasteiger partial charge in [0.15, 0.2) is 0 Å². The molecule has 0 saturated heterocycles. The number of hydrogen-bond donors (Lipinski definition) is 0. The molecule has 0 aromatic heterocycles. The van der Waals surface area contributed by atoms with Gasteiger partial charge < -0.3 is 0 Å². The predicted molar refractivity (Wildman–Crippen MR) is 48.9 cm³/mol. The van der Waals surface area contributed by atoms with Crippen molar-refractivity contribution in [1.82, 2.24) is 0 Å². The third-order valence-electron chi connectivity index (χ3n) is 3.57. The van der Waals surface area contributed by atoms with Crippen LogP contribution in [-0.4, -0.2) is 5.78 Å². The van der Waals surface area contributed by atoms with E-state index in [-0.39, 0.29) is 0 Å². The maximum atomic E-state index is 11.6. The molecule has 0 bridgehead atoms. The minimum Gasteiger partial charge on any atom is -0.299 e. The van der Waals surface area contributed by atoms with Crippen molar-refractivity contribution in [3.8, 4) is 0 Å². The van der Waals surface area contributed by atoms with Gasteiger partial charge in [-0.15, -0.1) is 0 Å². The lowest BCUT2D eigenvalue weighted by Gasteiger charge is -2.22. The van der Waals surface area contributed by atoms with E-state index < -0.39 is 0 Å². The van der Waals surface area contributed by atoms with Crippen molar-refractivity contribution in [1.29, 1.82) is 0 Å². The number of fused-ring (bicyclic) bond motifs is 1. The Morgan fingerprint density at radius 2 is 2.08 bits per heavy atom. The molecule has 68 valence electrons. The van der Waals surface area contributed by atoms with Gasteiger partial charge in [0.05, 0.1) is 0 Å². The van der Waals surface area contributed by atoms with Crippen LogP contribution in [0.1, 0.15) is 46.0 Å². The van der Waals surface area contributed by atoms with Crippen LogP contribution in [0.3, 0.4) is 0 Å². The molecule has 12 heavy (non-hydrogen) atoms. The summed E-state index contributed by atoms with van der Waals surface area (Å²) in [5, 5.41) is 0. The number of Topliss-reactive ketones (excluding diaryl/α,β-unsaturated/α-hetero) is 1. The zero-order chi connectivity index (χ0) is 8.77. The van der Waals surface area contributed by atoms with E-state index in [0.29, 0.717) is 17.1 Å². The van der Waals surface area contributed by atoms with Crippen LogP contribution >= 0.6 is 0 Å². The number of rotatable bonds is 0. The molecule has 2 saturated carbocycles. The summed E-state index contributed by atoms with van der Waals surface area (Å²) >= 11 is 0. The highest BCUT2D eigenvalue weighted by atomic mass is 16.1. The maximum Gasteiger partial charge on any atom is 0.136 e. The van der Waals surface area contributed by atoms with Crippen molar-refractivity contribution in [3.63, 3.8) is 0 Å². The minimum atomic E-state index is 0.439. The Kier molecular flexibility index (Phi) is 1.78. The fourth-order valence-corrected chi connectivity index (χ4v) is 3.10. The van der Waals surface area contributed by atoms with E-state index in [4.69, 9.17) is 0 Å². The summed E-state index contributed by atoms with van der Waals surface area (Å²) in [5.41, 5.74) is 0.440. The molecule has 0 N–H and O–H groups in total. The summed E-state index contributed by atoms with van der Waals surface area (Å²) in [6, 6.07) is 0. The van der Waals surface area contributed by atoms with E-state index in [1.54, 1.807) is 0 Å². The average Bonchev–Trinajstić information content (AvgIpc) is 2.25. The summed E-state index contributed by atoms with van der Waals surface area (Å²) in [7, 11) is 0. The summed E-state index contributed by atoms with van der Waals surface area (Å²) in [5.74, 6) is 1.73. The van der Waals surface area contributed by atoms with Gasteiger partial charge >= 0.3 is 0 Å². The van der Waals surface area contributed by atoms with Crippen molar-refractivity contribution in [2.24, 2.45) is 17.3 Å². The molecule has 0 heterocycles. The minimum absolute atomic E-state index is 0.439. The molecule has 0 unspecified atom stereocenters. The fourth-order valence-electron chi connectivity index (χ4n) is 3.10. The Hall–Kier alpha value is -0.330. The van der Waals surface area contributed by atoms with Crippen LogP contribution in [0.5, 0.6) is 0 Å². The molecule has 0 spiro atoms. The molecule has 1 heteroatoms. The first-order valence-electron chi connectivity index (χ1n) is 5.11. The zero-order valence-electron chi connectivity index (χ0n) is 8.10. The van der Waals surface area contributed by atoms with Gasteiger partial charge in [0, 0.05) is 12.3 Å². The SMILES string of the molecule is CC1(C)C[C@@H]2CCCC(=O)[C@@H]2C1. The lowest BCUT2D eigenvalue weighted by molar-refractivity contribution is -0.125. The molecule has 0 aromatic carbocycles. The number of ketones is 1. The number of hydrogen-bond acceptors (Lipinski definition) is 1. The maximum absolute atomic E-state index is 11.6. The largest absolute Gasteiger partial charge is 0.299 e. The molecule has 0 aromatic rings. The highest BCUT2D eigenvalue weighted by Crippen LogP contribution is 2.49. The van der Waals surface area contributed by atoms with E-state index in [0.717, 1.165) is 25.2 Å². The molecule has 0 aliphatic heterocycles. The Morgan fingerprint density at radius 3 is 2.75 bits per heavy atom. The van der Waals surface area contributed by atoms with Gasteiger partial charge in [0.25, 0.3) is 0 Å². The van der Waals surface area contributed by atoms with Crippen LogP contribution in [0.25, 0.3) is 0 Å². The van der Waals surface area contributed by atoms with Gasteiger partial charge in [-0.25, -0.2) is 0 Å². The normalized spacial score (nSPS) is 39.7. The van der Waals surface area contributed by atoms with Crippen LogP contribution in [0, 0.1) is 17.3 Å². The third kappa shape index (κ3) is 1.30. The topological polar surface area (TPSA) is 17.1 Å². The molecule has 2 fully saturated rings. The molecular weight excluding hydrogens is 148 g/mol. The summed E-state index contributed by atoms with van der Waals surface area (Å²) in [6.45, 7) is 4.61. The summed E-state index contributed by atoms with van der Waals surface area (Å²) < 4.78 is 0. The summed E-state index contributed by atoms with van der Waals surface area (Å²) in [4.78, 5) is 11.6. The van der Waals surface area contributed by atoms with E-state index in [9.17, 15) is 4.79 Å². The van der Waals surface area contributed by atoms with Crippen LogP contribution in [0.15, 0.2) is 0 Å². The van der Waals surface area contributed by atoms with E-state index in [1.165, 1.54) is 12.8 Å². The monoisotopic (exact) mass is 166 g/mol. The highest BCUT2D eigenvalue weighted by Gasteiger charge is 2.43. The Bertz CT molecular complexity index is 205. The van der Waals surface area contributed by atoms with Crippen LogP contribution < -0.4 is 0 Å². The van der Waals surface area contributed by atoms with Gasteiger partial charge in [-0.1, -0.05) is 13.8 Å². The Labute approximate surface area is 74.5 Å². The van der Waals surface area contributed by atoms with Crippen LogP contribution in [-0.2, 0) is 4.79 Å². The van der Waals surface area contributed by atoms with Gasteiger partial charge in [0.1, 0.15) is 5.78 Å². The smallest absolute Gasteiger partial charge is 0.136 e. The first-order chi connectivity index (χ1) is 5.58. The lowest BCUT2D eigenvalue weighted by atomic mass is 9.81. The van der Waals surface area contributed by atoms with Crippen molar-refractivity contribution in [2.75, 3.05) is 0 Å². The molecule has 0 radical (unpaired) electrons. The molecule has 2 aliphatic carbocycles. The first kappa shape index (κ1) is 8.28. The Morgan fingerprint density at radius 1 is 1.33 bits per heavy atom. The van der Waals surface area contributed by atoms with E-state index in [1.807, 2.05) is 0 Å². The van der Waals surface area contributed by atoms with E-state index in [2.05, 4.69) is 13.8 Å². The lowest BCUT2D eigenvalue weighted by Crippen LogP contribution is -2.23. The van der Waals surface area contributed by atoms with Crippen LogP contribution in [0.2, 0.25) is 0 Å². The molecular formula is C11H18O. The molecule has 2 aliphatic rings. The second kappa shape index (κ2) is 2.58. The van der Waals surface area contributed by atoms with Crippen molar-refractivity contribution in [2.45, 2.75) is 46.0 Å². The average molecular weight is 166 g/mol. The molecule has 0 amide bonds. The highest BCUT2D eigenvalue weighted by molar-refractivity contribution is 5.82. The first-order valence-corrected chi connectivity index (χ1v) is 5.11. The second-order valence-corrected chi connectivity index (χ2v) is 5.30. The quantitative estimate of drug-likeness (QED) is 0.541. The molecule has 1 nitrogen and oxygen atoms in total. The fraction of sp³-hybridized carbons (Fsp3) is 0.909. The van der Waals surface area contributed by atoms with Crippen LogP contribution in [0.4, 0.5) is 0 Å². The van der Waals surface area contributed by atoms with Crippen molar-refractivity contribution >= 4 is 5.78 Å². The van der Waals surface area contributed by atoms with Gasteiger partial charge in [-0.3, -0.25) is 4.79 Å². The number of carbonyl (C=O) groups excluding carboxylic acids is 1. The second-order valence-electron chi connectivity index (χ2n) is 5.30. The van der Waals surface area contributed by atoms with Gasteiger partial charge in [-0.2, -0.15) is 0 Å². The predicted octanol–water partition coefficient (Wildman–Crippen LogP) is 2.79. The van der Waals surface area contributed by atoms with Crippen molar-refractivity contribution < 1.29 is 4.79 Å². The molecule has 2 rings (SSSR count). The summed E-state index contributed by atoms with van der Waals surface area (Å²) in [6.07, 6.45) is 5.74. The van der Waals surface area contributed by atoms with Gasteiger partial charge in [0.2, 0.25) is 0 Å².